The molecule has 0 heterocycles. The number of halogens is 2. The lowest BCUT2D eigenvalue weighted by Gasteiger charge is -2.34. The Hall–Kier alpha value is -3.47. The number of hydrogen-bond acceptors (Lipinski definition) is 6. The van der Waals surface area contributed by atoms with Gasteiger partial charge >= 0.3 is 0 Å². The summed E-state index contributed by atoms with van der Waals surface area (Å²) >= 11 is 12.4. The van der Waals surface area contributed by atoms with E-state index < -0.39 is 28.5 Å². The largest absolute Gasteiger partial charge is 0.497 e. The molecule has 1 unspecified atom stereocenters. The Balaban J connectivity index is 1.78. The van der Waals surface area contributed by atoms with Crippen LogP contribution in [0.1, 0.15) is 44.6 Å². The van der Waals surface area contributed by atoms with E-state index in [1.165, 1.54) is 37.3 Å². The van der Waals surface area contributed by atoms with Crippen LogP contribution in [0.3, 0.4) is 0 Å². The number of carbonyl (C=O) groups excluding carboxylic acids is 2. The minimum Gasteiger partial charge on any atom is -0.497 e. The molecule has 0 spiro atoms. The molecular weight excluding hydrogens is 625 g/mol. The Labute approximate surface area is 269 Å². The lowest BCUT2D eigenvalue weighted by molar-refractivity contribution is -0.140. The molecule has 9 nitrogen and oxygen atoms in total. The monoisotopic (exact) mass is 661 g/mol. The molecule has 0 aromatic heterocycles. The summed E-state index contributed by atoms with van der Waals surface area (Å²) in [5.74, 6) is -0.283. The number of amides is 2. The average molecular weight is 663 g/mol. The van der Waals surface area contributed by atoms with Crippen molar-refractivity contribution in [3.63, 3.8) is 0 Å². The molecule has 1 fully saturated rings. The van der Waals surface area contributed by atoms with Gasteiger partial charge in [-0.25, -0.2) is 8.42 Å². The van der Waals surface area contributed by atoms with Crippen molar-refractivity contribution in [2.24, 2.45) is 0 Å². The molecule has 0 radical (unpaired) electrons. The summed E-state index contributed by atoms with van der Waals surface area (Å²) in [5.41, 5.74) is 0.748. The van der Waals surface area contributed by atoms with Crippen LogP contribution in [0, 0.1) is 0 Å². The van der Waals surface area contributed by atoms with Crippen molar-refractivity contribution in [1.29, 1.82) is 0 Å². The maximum Gasteiger partial charge on any atom is 0.264 e. The molecule has 1 atom stereocenters. The fourth-order valence-electron chi connectivity index (χ4n) is 5.35. The number of nitrogens with zero attached hydrogens (tertiary/aromatic N) is 2. The third-order valence-electron chi connectivity index (χ3n) is 7.69. The summed E-state index contributed by atoms with van der Waals surface area (Å²) in [6.07, 6.45) is 4.12. The lowest BCUT2D eigenvalue weighted by atomic mass is 10.1. The number of methoxy groups -OCH3 is 2. The number of rotatable bonds is 13. The summed E-state index contributed by atoms with van der Waals surface area (Å²) in [6.45, 7) is 1.20. The second kappa shape index (κ2) is 15.0. The third-order valence-corrected chi connectivity index (χ3v) is 10.2. The van der Waals surface area contributed by atoms with Gasteiger partial charge in [-0.05, 0) is 61.2 Å². The van der Waals surface area contributed by atoms with Crippen molar-refractivity contribution in [1.82, 2.24) is 10.2 Å². The molecule has 0 saturated heterocycles. The van der Waals surface area contributed by atoms with Gasteiger partial charge in [0.1, 0.15) is 24.1 Å². The zero-order valence-corrected chi connectivity index (χ0v) is 27.3. The zero-order valence-electron chi connectivity index (χ0n) is 25.0. The van der Waals surface area contributed by atoms with Crippen LogP contribution < -0.4 is 19.1 Å². The van der Waals surface area contributed by atoms with Crippen LogP contribution in [0.25, 0.3) is 0 Å². The second-order valence-electron chi connectivity index (χ2n) is 10.5. The summed E-state index contributed by atoms with van der Waals surface area (Å²) in [4.78, 5) is 29.4. The quantitative estimate of drug-likeness (QED) is 0.238. The van der Waals surface area contributed by atoms with Crippen LogP contribution in [0.15, 0.2) is 71.6 Å². The number of nitrogens with one attached hydrogen (secondary N) is 1. The van der Waals surface area contributed by atoms with E-state index in [1.54, 1.807) is 48.5 Å². The van der Waals surface area contributed by atoms with E-state index in [1.807, 2.05) is 6.92 Å². The number of benzene rings is 3. The van der Waals surface area contributed by atoms with Crippen molar-refractivity contribution in [2.45, 2.75) is 62.6 Å². The summed E-state index contributed by atoms with van der Waals surface area (Å²) in [5, 5.41) is 3.75. The van der Waals surface area contributed by atoms with E-state index in [-0.39, 0.29) is 34.8 Å². The molecule has 1 aliphatic carbocycles. The molecule has 2 amide bonds. The number of anilines is 1. The SMILES string of the molecule is CCC(C(=O)NC1CCCC1)N(Cc1ccc(Cl)c(Cl)c1)C(=O)CN(c1cc(OC)ccc1OC)S(=O)(=O)c1ccccc1. The normalized spacial score (nSPS) is 14.1. The van der Waals surface area contributed by atoms with Gasteiger partial charge in [-0.2, -0.15) is 0 Å². The molecule has 0 aliphatic heterocycles. The standard InChI is InChI=1S/C32H37Cl2N3O6S/c1-4-28(32(39)35-23-10-8-9-11-23)36(20-22-14-16-26(33)27(34)18-22)31(38)21-37(44(40,41)25-12-6-5-7-13-25)29-19-24(42-2)15-17-30(29)43-3/h5-7,12-19,23,28H,4,8-11,20-21H2,1-3H3,(H,35,39). The first-order valence-electron chi connectivity index (χ1n) is 14.4. The molecule has 44 heavy (non-hydrogen) atoms. The highest BCUT2D eigenvalue weighted by Gasteiger charge is 2.35. The summed E-state index contributed by atoms with van der Waals surface area (Å²) in [7, 11) is -1.41. The van der Waals surface area contributed by atoms with Gasteiger partial charge in [0.25, 0.3) is 10.0 Å². The number of sulfonamides is 1. The Morgan fingerprint density at radius 3 is 2.27 bits per heavy atom. The summed E-state index contributed by atoms with van der Waals surface area (Å²) in [6, 6.07) is 16.7. The highest BCUT2D eigenvalue weighted by Crippen LogP contribution is 2.36. The highest BCUT2D eigenvalue weighted by molar-refractivity contribution is 7.92. The van der Waals surface area contributed by atoms with Gasteiger partial charge in [-0.15, -0.1) is 0 Å². The van der Waals surface area contributed by atoms with E-state index in [4.69, 9.17) is 32.7 Å². The smallest absolute Gasteiger partial charge is 0.264 e. The molecule has 1 saturated carbocycles. The average Bonchev–Trinajstić information content (AvgIpc) is 3.54. The number of carbonyl (C=O) groups is 2. The lowest BCUT2D eigenvalue weighted by Crippen LogP contribution is -2.53. The maximum absolute atomic E-state index is 14.4. The van der Waals surface area contributed by atoms with Gasteiger partial charge in [-0.3, -0.25) is 13.9 Å². The highest BCUT2D eigenvalue weighted by atomic mass is 35.5. The van der Waals surface area contributed by atoms with Crippen molar-refractivity contribution in [3.8, 4) is 11.5 Å². The Kier molecular flexibility index (Phi) is 11.4. The Morgan fingerprint density at radius 2 is 1.66 bits per heavy atom. The molecule has 4 rings (SSSR count). The van der Waals surface area contributed by atoms with Gasteiger partial charge in [0.15, 0.2) is 0 Å². The fraction of sp³-hybridized carbons (Fsp3) is 0.375. The molecular formula is C32H37Cl2N3O6S. The Bertz CT molecular complexity index is 1570. The van der Waals surface area contributed by atoms with E-state index in [2.05, 4.69) is 5.32 Å². The minimum absolute atomic E-state index is 0.000780. The minimum atomic E-state index is -4.29. The van der Waals surface area contributed by atoms with Gasteiger partial charge in [0.2, 0.25) is 11.8 Å². The molecule has 1 aliphatic rings. The second-order valence-corrected chi connectivity index (χ2v) is 13.2. The predicted octanol–water partition coefficient (Wildman–Crippen LogP) is 6.07. The van der Waals surface area contributed by atoms with Gasteiger partial charge in [-0.1, -0.05) is 67.2 Å². The van der Waals surface area contributed by atoms with Crippen LogP contribution in [0.2, 0.25) is 10.0 Å². The molecule has 3 aromatic rings. The van der Waals surface area contributed by atoms with Crippen LogP contribution in [-0.4, -0.2) is 58.0 Å². The van der Waals surface area contributed by atoms with Crippen molar-refractivity contribution in [2.75, 3.05) is 25.1 Å². The zero-order chi connectivity index (χ0) is 31.9. The predicted molar refractivity (Wildman–Crippen MR) is 172 cm³/mol. The van der Waals surface area contributed by atoms with Crippen LogP contribution in [-0.2, 0) is 26.2 Å². The van der Waals surface area contributed by atoms with E-state index in [0.717, 1.165) is 30.0 Å². The van der Waals surface area contributed by atoms with E-state index >= 15 is 0 Å². The first-order chi connectivity index (χ1) is 21.1. The van der Waals surface area contributed by atoms with E-state index in [0.29, 0.717) is 27.8 Å². The van der Waals surface area contributed by atoms with E-state index in [9.17, 15) is 18.0 Å². The van der Waals surface area contributed by atoms with Gasteiger partial charge < -0.3 is 19.7 Å². The van der Waals surface area contributed by atoms with Gasteiger partial charge in [0.05, 0.1) is 34.8 Å². The van der Waals surface area contributed by atoms with Crippen molar-refractivity contribution in [3.05, 3.63) is 82.3 Å². The molecule has 12 heteroatoms. The van der Waals surface area contributed by atoms with Crippen LogP contribution in [0.4, 0.5) is 5.69 Å². The first-order valence-corrected chi connectivity index (χ1v) is 16.6. The van der Waals surface area contributed by atoms with Crippen molar-refractivity contribution < 1.29 is 27.5 Å². The fourth-order valence-corrected chi connectivity index (χ4v) is 7.10. The number of ether oxygens (including phenoxy) is 2. The summed E-state index contributed by atoms with van der Waals surface area (Å²) < 4.78 is 40.2. The third kappa shape index (κ3) is 7.78. The molecule has 1 N–H and O–H groups in total. The van der Waals surface area contributed by atoms with Crippen LogP contribution >= 0.6 is 23.2 Å². The molecule has 3 aromatic carbocycles. The molecule has 236 valence electrons. The topological polar surface area (TPSA) is 105 Å². The van der Waals surface area contributed by atoms with Gasteiger partial charge in [0, 0.05) is 18.7 Å². The number of hydrogen-bond donors (Lipinski definition) is 1. The Morgan fingerprint density at radius 1 is 0.955 bits per heavy atom. The van der Waals surface area contributed by atoms with Crippen LogP contribution in [0.5, 0.6) is 11.5 Å². The molecule has 0 bridgehead atoms. The maximum atomic E-state index is 14.4. The van der Waals surface area contributed by atoms with Crippen molar-refractivity contribution >= 4 is 50.7 Å². The first kappa shape index (κ1) is 33.4.